The van der Waals surface area contributed by atoms with Gasteiger partial charge in [-0.05, 0) is 59.4 Å². The summed E-state index contributed by atoms with van der Waals surface area (Å²) in [5.74, 6) is -0.0881. The second-order valence-electron chi connectivity index (χ2n) is 9.61. The maximum absolute atomic E-state index is 13.2. The Morgan fingerprint density at radius 2 is 1.56 bits per heavy atom. The smallest absolute Gasteiger partial charge is 0.256 e. The number of rotatable bonds is 4. The Morgan fingerprint density at radius 1 is 0.906 bits per heavy atom. The number of amides is 1. The molecule has 1 aliphatic rings. The minimum absolute atomic E-state index is 0.0881. The number of piperazine rings is 1. The molecule has 1 heterocycles. The van der Waals surface area contributed by atoms with Crippen LogP contribution in [0.5, 0.6) is 0 Å². The zero-order valence-corrected chi connectivity index (χ0v) is 19.5. The number of hydrogen-bond donors (Lipinski definition) is 2. The number of nitrogens with zero attached hydrogens (tertiary/aromatic N) is 1. The summed E-state index contributed by atoms with van der Waals surface area (Å²) in [7, 11) is 0. The van der Waals surface area contributed by atoms with Crippen LogP contribution >= 0.6 is 0 Å². The zero-order valence-electron chi connectivity index (χ0n) is 19.5. The number of carbonyl (C=O) groups is 1. The molecule has 1 saturated heterocycles. The topological polar surface area (TPSA) is 44.4 Å². The lowest BCUT2D eigenvalue weighted by Gasteiger charge is -2.29. The van der Waals surface area contributed by atoms with Gasteiger partial charge in [0.15, 0.2) is 0 Å². The van der Waals surface area contributed by atoms with Crippen LogP contribution in [0, 0.1) is 6.92 Å². The Labute approximate surface area is 191 Å². The van der Waals surface area contributed by atoms with Crippen LogP contribution in [0.25, 0.3) is 11.1 Å². The third kappa shape index (κ3) is 5.03. The van der Waals surface area contributed by atoms with Gasteiger partial charge in [-0.1, -0.05) is 62.7 Å². The molecule has 166 valence electrons. The number of nitrogens with one attached hydrogen (secondary N) is 2. The van der Waals surface area contributed by atoms with Gasteiger partial charge in [0.1, 0.15) is 0 Å². The molecule has 0 aliphatic carbocycles. The average Bonchev–Trinajstić information content (AvgIpc) is 2.79. The van der Waals surface area contributed by atoms with Gasteiger partial charge in [-0.25, -0.2) is 0 Å². The molecule has 1 aliphatic heterocycles. The molecule has 0 atom stereocenters. The monoisotopic (exact) mass is 427 g/mol. The highest BCUT2D eigenvalue weighted by Crippen LogP contribution is 2.29. The van der Waals surface area contributed by atoms with Gasteiger partial charge in [0.05, 0.1) is 0 Å². The highest BCUT2D eigenvalue weighted by Gasteiger charge is 2.17. The molecule has 32 heavy (non-hydrogen) atoms. The fourth-order valence-corrected chi connectivity index (χ4v) is 4.12. The summed E-state index contributed by atoms with van der Waals surface area (Å²) in [4.78, 5) is 15.6. The minimum Gasteiger partial charge on any atom is -0.369 e. The number of anilines is 2. The van der Waals surface area contributed by atoms with Crippen molar-refractivity contribution in [1.82, 2.24) is 5.32 Å². The van der Waals surface area contributed by atoms with Gasteiger partial charge in [0.2, 0.25) is 0 Å². The molecule has 1 fully saturated rings. The molecule has 0 unspecified atom stereocenters. The first-order valence-electron chi connectivity index (χ1n) is 11.4. The second kappa shape index (κ2) is 9.17. The number of benzene rings is 3. The van der Waals surface area contributed by atoms with E-state index in [0.717, 1.165) is 48.6 Å². The standard InChI is InChI=1S/C28H33N3O/c1-20-5-14-25(26(19-20)21-6-8-22(9-7-21)28(2,3)4)27(32)30-23-10-12-24(13-11-23)31-17-15-29-16-18-31/h5-14,19,29H,15-18H2,1-4H3,(H,30,32). The maximum Gasteiger partial charge on any atom is 0.256 e. The van der Waals surface area contributed by atoms with Gasteiger partial charge in [-0.2, -0.15) is 0 Å². The van der Waals surface area contributed by atoms with Crippen molar-refractivity contribution in [1.29, 1.82) is 0 Å². The SMILES string of the molecule is Cc1ccc(C(=O)Nc2ccc(N3CCNCC3)cc2)c(-c2ccc(C(C)(C)C)cc2)c1. The summed E-state index contributed by atoms with van der Waals surface area (Å²) < 4.78 is 0. The summed E-state index contributed by atoms with van der Waals surface area (Å²) >= 11 is 0. The van der Waals surface area contributed by atoms with E-state index in [2.05, 4.69) is 85.7 Å². The molecule has 1 amide bonds. The number of hydrogen-bond acceptors (Lipinski definition) is 3. The van der Waals surface area contributed by atoms with Gasteiger partial charge in [0, 0.05) is 43.1 Å². The molecule has 3 aromatic carbocycles. The van der Waals surface area contributed by atoms with E-state index in [1.54, 1.807) is 0 Å². The third-order valence-corrected chi connectivity index (χ3v) is 6.09. The molecule has 0 bridgehead atoms. The van der Waals surface area contributed by atoms with Gasteiger partial charge >= 0.3 is 0 Å². The highest BCUT2D eigenvalue weighted by atomic mass is 16.1. The Hall–Kier alpha value is -3.11. The molecule has 2 N–H and O–H groups in total. The Bertz CT molecular complexity index is 1070. The Morgan fingerprint density at radius 3 is 2.19 bits per heavy atom. The lowest BCUT2D eigenvalue weighted by Crippen LogP contribution is -2.43. The zero-order chi connectivity index (χ0) is 22.7. The quantitative estimate of drug-likeness (QED) is 0.568. The predicted molar refractivity (Wildman–Crippen MR) is 135 cm³/mol. The molecular formula is C28H33N3O. The van der Waals surface area contributed by atoms with E-state index in [1.165, 1.54) is 11.3 Å². The van der Waals surface area contributed by atoms with E-state index in [0.29, 0.717) is 5.56 Å². The summed E-state index contributed by atoms with van der Waals surface area (Å²) in [6.45, 7) is 12.7. The molecule has 0 aromatic heterocycles. The van der Waals surface area contributed by atoms with Crippen LogP contribution in [0.4, 0.5) is 11.4 Å². The summed E-state index contributed by atoms with van der Waals surface area (Å²) in [6.07, 6.45) is 0. The molecule has 4 heteroatoms. The summed E-state index contributed by atoms with van der Waals surface area (Å²) in [5, 5.41) is 6.46. The van der Waals surface area contributed by atoms with E-state index in [1.807, 2.05) is 24.3 Å². The van der Waals surface area contributed by atoms with E-state index < -0.39 is 0 Å². The molecule has 0 radical (unpaired) electrons. The van der Waals surface area contributed by atoms with Crippen LogP contribution in [-0.4, -0.2) is 32.1 Å². The maximum atomic E-state index is 13.2. The van der Waals surface area contributed by atoms with Gasteiger partial charge in [-0.15, -0.1) is 0 Å². The van der Waals surface area contributed by atoms with Crippen molar-refractivity contribution < 1.29 is 4.79 Å². The largest absolute Gasteiger partial charge is 0.369 e. The van der Waals surface area contributed by atoms with Gasteiger partial charge < -0.3 is 15.5 Å². The van der Waals surface area contributed by atoms with E-state index >= 15 is 0 Å². The molecule has 4 nitrogen and oxygen atoms in total. The van der Waals surface area contributed by atoms with Crippen LogP contribution in [-0.2, 0) is 5.41 Å². The molecule has 0 spiro atoms. The van der Waals surface area contributed by atoms with Crippen molar-refractivity contribution >= 4 is 17.3 Å². The predicted octanol–water partition coefficient (Wildman–Crippen LogP) is 5.62. The first-order chi connectivity index (χ1) is 15.3. The molecule has 4 rings (SSSR count). The first kappa shape index (κ1) is 22.1. The normalized spacial score (nSPS) is 14.3. The number of aryl methyl sites for hydroxylation is 1. The van der Waals surface area contributed by atoms with Crippen molar-refractivity contribution in [2.45, 2.75) is 33.1 Å². The van der Waals surface area contributed by atoms with Gasteiger partial charge in [-0.3, -0.25) is 4.79 Å². The molecule has 0 saturated carbocycles. The summed E-state index contributed by atoms with van der Waals surface area (Å²) in [6, 6.07) is 22.7. The first-order valence-corrected chi connectivity index (χ1v) is 11.4. The fourth-order valence-electron chi connectivity index (χ4n) is 4.12. The van der Waals surface area contributed by atoms with Gasteiger partial charge in [0.25, 0.3) is 5.91 Å². The minimum atomic E-state index is -0.0881. The third-order valence-electron chi connectivity index (χ3n) is 6.09. The van der Waals surface area contributed by atoms with Crippen molar-refractivity contribution in [2.75, 3.05) is 36.4 Å². The Kier molecular flexibility index (Phi) is 6.33. The van der Waals surface area contributed by atoms with Crippen LogP contribution in [0.2, 0.25) is 0 Å². The second-order valence-corrected chi connectivity index (χ2v) is 9.61. The van der Waals surface area contributed by atoms with Crippen LogP contribution in [0.15, 0.2) is 66.7 Å². The highest BCUT2D eigenvalue weighted by molar-refractivity contribution is 6.08. The molecule has 3 aromatic rings. The van der Waals surface area contributed by atoms with E-state index in [4.69, 9.17) is 0 Å². The lowest BCUT2D eigenvalue weighted by molar-refractivity contribution is 0.102. The van der Waals surface area contributed by atoms with Crippen LogP contribution in [0.3, 0.4) is 0 Å². The Balaban J connectivity index is 1.55. The van der Waals surface area contributed by atoms with E-state index in [-0.39, 0.29) is 11.3 Å². The van der Waals surface area contributed by atoms with E-state index in [9.17, 15) is 4.79 Å². The summed E-state index contributed by atoms with van der Waals surface area (Å²) in [5.41, 5.74) is 7.22. The van der Waals surface area contributed by atoms with Crippen molar-refractivity contribution in [2.24, 2.45) is 0 Å². The average molecular weight is 428 g/mol. The van der Waals surface area contributed by atoms with Crippen molar-refractivity contribution in [3.8, 4) is 11.1 Å². The molecular weight excluding hydrogens is 394 g/mol. The number of carbonyl (C=O) groups excluding carboxylic acids is 1. The van der Waals surface area contributed by atoms with Crippen molar-refractivity contribution in [3.05, 3.63) is 83.4 Å². The van der Waals surface area contributed by atoms with Crippen molar-refractivity contribution in [3.63, 3.8) is 0 Å². The van der Waals surface area contributed by atoms with Crippen LogP contribution < -0.4 is 15.5 Å². The lowest BCUT2D eigenvalue weighted by atomic mass is 9.86. The van der Waals surface area contributed by atoms with Crippen LogP contribution in [0.1, 0.15) is 42.3 Å². The fraction of sp³-hybridized carbons (Fsp3) is 0.321.